The number of thiazole rings is 1. The van der Waals surface area contributed by atoms with Gasteiger partial charge in [0.25, 0.3) is 0 Å². The minimum absolute atomic E-state index is 0.0731. The van der Waals surface area contributed by atoms with Crippen molar-refractivity contribution < 1.29 is 14.0 Å². The number of amides is 2. The van der Waals surface area contributed by atoms with Gasteiger partial charge in [0.1, 0.15) is 5.82 Å². The van der Waals surface area contributed by atoms with E-state index in [0.29, 0.717) is 17.2 Å². The van der Waals surface area contributed by atoms with E-state index in [1.54, 1.807) is 29.5 Å². The lowest BCUT2D eigenvalue weighted by atomic mass is 10.2. The van der Waals surface area contributed by atoms with Crippen LogP contribution in [0.25, 0.3) is 16.6 Å². The summed E-state index contributed by atoms with van der Waals surface area (Å²) in [6, 6.07) is 9.92. The molecule has 0 unspecified atom stereocenters. The summed E-state index contributed by atoms with van der Waals surface area (Å²) in [7, 11) is 0. The molecule has 28 heavy (non-hydrogen) atoms. The highest BCUT2D eigenvalue weighted by Crippen LogP contribution is 2.34. The van der Waals surface area contributed by atoms with Crippen LogP contribution in [0.5, 0.6) is 0 Å². The van der Waals surface area contributed by atoms with Gasteiger partial charge in [-0.2, -0.15) is 0 Å². The van der Waals surface area contributed by atoms with Crippen LogP contribution in [0, 0.1) is 12.7 Å². The molecule has 2 heterocycles. The second kappa shape index (κ2) is 8.90. The molecule has 3 rings (SSSR count). The van der Waals surface area contributed by atoms with Crippen LogP contribution in [-0.2, 0) is 16.1 Å². The van der Waals surface area contributed by atoms with Gasteiger partial charge in [-0.15, -0.1) is 22.7 Å². The number of carbonyl (C=O) groups is 2. The number of aryl methyl sites for hydroxylation is 1. The van der Waals surface area contributed by atoms with Crippen LogP contribution in [0.15, 0.2) is 42.5 Å². The van der Waals surface area contributed by atoms with E-state index in [2.05, 4.69) is 15.6 Å². The Bertz CT molecular complexity index is 1040. The molecule has 8 heteroatoms. The molecule has 0 bridgehead atoms. The number of anilines is 1. The van der Waals surface area contributed by atoms with Gasteiger partial charge < -0.3 is 5.32 Å². The molecule has 0 aliphatic heterocycles. The quantitative estimate of drug-likeness (QED) is 0.578. The smallest absolute Gasteiger partial charge is 0.250 e. The predicted octanol–water partition coefficient (Wildman–Crippen LogP) is 4.61. The monoisotopic (exact) mass is 415 g/mol. The summed E-state index contributed by atoms with van der Waals surface area (Å²) in [5, 5.41) is 6.01. The van der Waals surface area contributed by atoms with Crippen LogP contribution in [0.1, 0.15) is 22.2 Å². The van der Waals surface area contributed by atoms with Crippen molar-refractivity contribution in [2.75, 3.05) is 5.32 Å². The molecule has 0 radical (unpaired) electrons. The lowest BCUT2D eigenvalue weighted by molar-refractivity contribution is -0.119. The molecule has 0 saturated carbocycles. The third-order valence-electron chi connectivity index (χ3n) is 3.71. The van der Waals surface area contributed by atoms with Crippen LogP contribution < -0.4 is 10.6 Å². The van der Waals surface area contributed by atoms with Crippen LogP contribution in [0.3, 0.4) is 0 Å². The van der Waals surface area contributed by atoms with Gasteiger partial charge in [0, 0.05) is 22.8 Å². The Hall–Kier alpha value is -2.84. The molecule has 5 nitrogen and oxygen atoms in total. The number of carbonyl (C=O) groups excluding carboxylic acids is 2. The molecule has 0 fully saturated rings. The maximum Gasteiger partial charge on any atom is 0.250 e. The fourth-order valence-corrected chi connectivity index (χ4v) is 4.31. The molecule has 0 atom stereocenters. The maximum absolute atomic E-state index is 13.2. The van der Waals surface area contributed by atoms with Gasteiger partial charge in [-0.05, 0) is 42.8 Å². The highest BCUT2D eigenvalue weighted by molar-refractivity contribution is 7.18. The first-order valence-electron chi connectivity index (χ1n) is 8.46. The average molecular weight is 416 g/mol. The Kier molecular flexibility index (Phi) is 6.33. The Morgan fingerprint density at radius 1 is 1.21 bits per heavy atom. The molecular formula is C20H18FN3O2S2. The number of aromatic nitrogens is 1. The van der Waals surface area contributed by atoms with Gasteiger partial charge in [-0.3, -0.25) is 14.9 Å². The number of benzene rings is 1. The van der Waals surface area contributed by atoms with E-state index in [4.69, 9.17) is 0 Å². The van der Waals surface area contributed by atoms with Crippen molar-refractivity contribution in [3.8, 4) is 10.6 Å². The summed E-state index contributed by atoms with van der Waals surface area (Å²) in [4.78, 5) is 30.7. The molecule has 144 valence electrons. The van der Waals surface area contributed by atoms with Gasteiger partial charge in [-0.1, -0.05) is 12.1 Å². The molecular weight excluding hydrogens is 397 g/mol. The first kappa shape index (κ1) is 19.9. The van der Waals surface area contributed by atoms with E-state index in [1.807, 2.05) is 19.1 Å². The van der Waals surface area contributed by atoms with Crippen LogP contribution >= 0.6 is 22.7 Å². The zero-order chi connectivity index (χ0) is 20.1. The Morgan fingerprint density at radius 2 is 2.04 bits per heavy atom. The van der Waals surface area contributed by atoms with E-state index in [9.17, 15) is 14.0 Å². The second-order valence-corrected chi connectivity index (χ2v) is 8.35. The third kappa shape index (κ3) is 5.34. The number of nitrogens with zero attached hydrogens (tertiary/aromatic N) is 1. The van der Waals surface area contributed by atoms with Gasteiger partial charge in [0.05, 0.1) is 17.1 Å². The van der Waals surface area contributed by atoms with Crippen LogP contribution in [0.2, 0.25) is 0 Å². The van der Waals surface area contributed by atoms with Crippen molar-refractivity contribution in [2.45, 2.75) is 20.4 Å². The Labute approximate surface area is 169 Å². The van der Waals surface area contributed by atoms with E-state index in [1.165, 1.54) is 36.5 Å². The SMILES string of the molecule is CC(=O)NCc1ccc(-c2nc(NC(=O)/C=C/c3cccc(F)c3)sc2C)s1. The van der Waals surface area contributed by atoms with E-state index < -0.39 is 0 Å². The fourth-order valence-electron chi connectivity index (χ4n) is 2.42. The van der Waals surface area contributed by atoms with Crippen molar-refractivity contribution in [2.24, 2.45) is 0 Å². The minimum atomic E-state index is -0.350. The highest BCUT2D eigenvalue weighted by Gasteiger charge is 2.13. The van der Waals surface area contributed by atoms with Crippen LogP contribution in [0.4, 0.5) is 9.52 Å². The summed E-state index contributed by atoms with van der Waals surface area (Å²) in [6.45, 7) is 3.91. The van der Waals surface area contributed by atoms with Gasteiger partial charge in [0.2, 0.25) is 11.8 Å². The molecule has 0 saturated heterocycles. The average Bonchev–Trinajstić information content (AvgIpc) is 3.24. The number of thiophene rings is 1. The fraction of sp³-hybridized carbons (Fsp3) is 0.150. The van der Waals surface area contributed by atoms with Crippen molar-refractivity contribution in [3.63, 3.8) is 0 Å². The highest BCUT2D eigenvalue weighted by atomic mass is 32.1. The predicted molar refractivity (Wildman–Crippen MR) is 112 cm³/mol. The molecule has 0 aliphatic rings. The van der Waals surface area contributed by atoms with Gasteiger partial charge in [-0.25, -0.2) is 9.37 Å². The largest absolute Gasteiger partial charge is 0.351 e. The normalized spacial score (nSPS) is 11.0. The zero-order valence-electron chi connectivity index (χ0n) is 15.3. The van der Waals surface area contributed by atoms with Crippen molar-refractivity contribution in [3.05, 3.63) is 63.6 Å². The number of hydrogen-bond donors (Lipinski definition) is 2. The molecule has 2 N–H and O–H groups in total. The number of rotatable bonds is 6. The van der Waals surface area contributed by atoms with E-state index >= 15 is 0 Å². The van der Waals surface area contributed by atoms with Crippen LogP contribution in [-0.4, -0.2) is 16.8 Å². The molecule has 0 spiro atoms. The van der Waals surface area contributed by atoms with Crippen molar-refractivity contribution in [1.82, 2.24) is 10.3 Å². The number of nitrogens with one attached hydrogen (secondary N) is 2. The van der Waals surface area contributed by atoms with E-state index in [0.717, 1.165) is 20.3 Å². The Morgan fingerprint density at radius 3 is 2.79 bits per heavy atom. The van der Waals surface area contributed by atoms with Crippen molar-refractivity contribution in [1.29, 1.82) is 0 Å². The topological polar surface area (TPSA) is 71.1 Å². The van der Waals surface area contributed by atoms with Crippen molar-refractivity contribution >= 4 is 45.7 Å². The molecule has 0 aliphatic carbocycles. The first-order valence-corrected chi connectivity index (χ1v) is 10.1. The van der Waals surface area contributed by atoms with Gasteiger partial charge in [0.15, 0.2) is 5.13 Å². The summed E-state index contributed by atoms with van der Waals surface area (Å²) in [5.41, 5.74) is 1.42. The Balaban J connectivity index is 1.66. The maximum atomic E-state index is 13.2. The molecule has 3 aromatic rings. The molecule has 2 aromatic heterocycles. The molecule has 1 aromatic carbocycles. The summed E-state index contributed by atoms with van der Waals surface area (Å²) in [5.74, 6) is -0.755. The summed E-state index contributed by atoms with van der Waals surface area (Å²) in [6.07, 6.45) is 2.90. The summed E-state index contributed by atoms with van der Waals surface area (Å²) >= 11 is 2.94. The van der Waals surface area contributed by atoms with E-state index in [-0.39, 0.29) is 17.6 Å². The standard InChI is InChI=1S/C20H18FN3O2S2/c1-12-19(17-8-7-16(28-17)11-22-13(2)25)24-20(27-12)23-18(26)9-6-14-4-3-5-15(21)10-14/h3-10H,11H2,1-2H3,(H,22,25)(H,23,24,26)/b9-6+. The third-order valence-corrected chi connectivity index (χ3v) is 5.69. The number of hydrogen-bond acceptors (Lipinski definition) is 5. The second-order valence-electron chi connectivity index (χ2n) is 5.98. The number of halogens is 1. The van der Waals surface area contributed by atoms with Gasteiger partial charge >= 0.3 is 0 Å². The minimum Gasteiger partial charge on any atom is -0.351 e. The lowest BCUT2D eigenvalue weighted by Crippen LogP contribution is -2.17. The lowest BCUT2D eigenvalue weighted by Gasteiger charge is -1.97. The zero-order valence-corrected chi connectivity index (χ0v) is 16.9. The summed E-state index contributed by atoms with van der Waals surface area (Å²) < 4.78 is 13.2. The first-order chi connectivity index (χ1) is 13.4. The molecule has 2 amide bonds.